The summed E-state index contributed by atoms with van der Waals surface area (Å²) in [4.78, 5) is 36.0. The summed E-state index contributed by atoms with van der Waals surface area (Å²) in [5, 5.41) is 30.1. The van der Waals surface area contributed by atoms with E-state index < -0.39 is 17.3 Å². The molecule has 17 aliphatic rings. The molecule has 6 heterocycles. The fourth-order valence-electron chi connectivity index (χ4n) is 25.6. The Hall–Kier alpha value is -3.35. The molecule has 466 valence electrons. The van der Waals surface area contributed by atoms with Crippen LogP contribution in [0.5, 0.6) is 11.5 Å². The lowest BCUT2D eigenvalue weighted by molar-refractivity contribution is -0.173. The third kappa shape index (κ3) is 8.83. The summed E-state index contributed by atoms with van der Waals surface area (Å²) in [6.45, 7) is 3.02. The molecule has 14 atom stereocenters. The number of hydrogen-bond donors (Lipinski definition) is 4. The topological polar surface area (TPSA) is 147 Å². The van der Waals surface area contributed by atoms with Crippen molar-refractivity contribution in [2.24, 2.45) is 72.8 Å². The van der Waals surface area contributed by atoms with Gasteiger partial charge in [0.05, 0.1) is 6.10 Å². The molecule has 1 amide bonds. The number of benzene rings is 2. The fraction of sp³-hybridized carbons (Fsp3) is 0.770. The summed E-state index contributed by atoms with van der Waals surface area (Å²) in [5.74, 6) is 4.46. The van der Waals surface area contributed by atoms with Crippen molar-refractivity contribution in [3.05, 3.63) is 70.8 Å². The zero-order valence-electron chi connectivity index (χ0n) is 52.1. The second-order valence-electron chi connectivity index (χ2n) is 32.5. The Morgan fingerprint density at radius 1 is 0.791 bits per heavy atom. The summed E-state index contributed by atoms with van der Waals surface area (Å²) in [5.41, 5.74) is 11.8. The minimum absolute atomic E-state index is 0.0903. The number of guanidine groups is 1. The van der Waals surface area contributed by atoms with E-state index in [1.165, 1.54) is 153 Å². The molecule has 2 aromatic rings. The van der Waals surface area contributed by atoms with E-state index in [1.54, 1.807) is 6.92 Å². The van der Waals surface area contributed by atoms with Crippen molar-refractivity contribution in [1.29, 1.82) is 0 Å². The van der Waals surface area contributed by atoms with Crippen LogP contribution < -0.4 is 15.8 Å². The maximum atomic E-state index is 15.1. The third-order valence-electron chi connectivity index (χ3n) is 29.3. The maximum Gasteiger partial charge on any atom is 0.303 e. The minimum atomic E-state index is -0.813. The molecule has 11 fully saturated rings. The summed E-state index contributed by atoms with van der Waals surface area (Å²) >= 11 is 0. The molecule has 10 bridgehead atoms. The summed E-state index contributed by atoms with van der Waals surface area (Å²) < 4.78 is 14.0. The molecule has 10 nitrogen and oxygen atoms in total. The van der Waals surface area contributed by atoms with Gasteiger partial charge in [-0.1, -0.05) is 96.5 Å². The number of phenolic OH excluding ortho intramolecular Hbond substituents is 1. The van der Waals surface area contributed by atoms with Crippen LogP contribution in [0.15, 0.2) is 53.5 Å². The number of carbonyl (C=O) groups is 2. The fourth-order valence-corrected chi connectivity index (χ4v) is 29.6. The number of nitrogens with one attached hydrogen (secondary N) is 1. The van der Waals surface area contributed by atoms with Crippen LogP contribution in [0.3, 0.4) is 0 Å². The van der Waals surface area contributed by atoms with Gasteiger partial charge in [-0.05, 0) is 248 Å². The number of fused-ring (bicyclic) bond motifs is 2. The van der Waals surface area contributed by atoms with E-state index in [1.807, 2.05) is 0 Å². The van der Waals surface area contributed by atoms with Gasteiger partial charge in [-0.15, -0.1) is 0 Å². The average Bonchev–Trinajstić information content (AvgIpc) is 1.51. The highest BCUT2D eigenvalue weighted by Gasteiger charge is 2.73. The number of aliphatic imine (C=N–C) groups is 1. The number of carbonyl (C=O) groups excluding carboxylic acids is 2. The first-order chi connectivity index (χ1) is 41.7. The van der Waals surface area contributed by atoms with Crippen LogP contribution >= 0.6 is 21.6 Å². The van der Waals surface area contributed by atoms with Gasteiger partial charge in [0.15, 0.2) is 17.5 Å². The first-order valence-electron chi connectivity index (χ1n) is 35.5. The lowest BCUT2D eigenvalue weighted by Crippen LogP contribution is -2.56. The Morgan fingerprint density at radius 3 is 2.38 bits per heavy atom. The second-order valence-corrected chi connectivity index (χ2v) is 35.2. The molecule has 0 radical (unpaired) electrons. The van der Waals surface area contributed by atoms with Gasteiger partial charge < -0.3 is 35.6 Å². The van der Waals surface area contributed by atoms with Crippen LogP contribution in [0, 0.1) is 62.1 Å². The highest BCUT2D eigenvalue weighted by molar-refractivity contribution is 8.77. The number of aromatic hydroxyl groups is 1. The summed E-state index contributed by atoms with van der Waals surface area (Å²) in [6, 6.07) is 13.1. The smallest absolute Gasteiger partial charge is 0.303 e. The number of ether oxygens (including phenoxy) is 2. The quantitative estimate of drug-likeness (QED) is 0.130. The molecular weight excluding hydrogens is 1100 g/mol. The predicted molar refractivity (Wildman–Crippen MR) is 344 cm³/mol. The highest BCUT2D eigenvalue weighted by atomic mass is 33.1. The standard InChI is InChI=1S/C74H102N4O6S2/c1-49(79)83-69-32-20-51-39-54(63(82)64-62(51)52-21-34-72(84-64)28-11-15-55(72)40-52)45-78-48-70(43-61(78)81)56(18-19-59(70)50-13-3-2-4-14-50)44-76-65(75)77-74(31-12-27-67(74)25-7-8-26-67)86-85-46-57-17-16-53(58(22-33-69)60(80)42-69)41-71(57)38-37-68(73(71)29-9-10-30-73)36-35-66(47-68)23-5-6-24-66/h2-4,13-14,21,34,39,52-53,55-60,80,82H,5-12,15-20,22-33,35-38,40-48H2,1H3,(H3,75,76,77). The Kier molecular flexibility index (Phi) is 14.4. The van der Waals surface area contributed by atoms with Gasteiger partial charge in [0.2, 0.25) is 5.91 Å². The van der Waals surface area contributed by atoms with E-state index in [2.05, 4.69) is 80.4 Å². The number of aliphatic hydroxyl groups excluding tert-OH is 1. The molecule has 19 rings (SSSR count). The van der Waals surface area contributed by atoms with Crippen LogP contribution in [0.2, 0.25) is 0 Å². The summed E-state index contributed by atoms with van der Waals surface area (Å²) in [6.07, 6.45) is 44.7. The molecule has 8 spiro atoms. The van der Waals surface area contributed by atoms with Gasteiger partial charge in [-0.25, -0.2) is 0 Å². The number of allylic oxidation sites excluding steroid dienone is 1. The van der Waals surface area contributed by atoms with Gasteiger partial charge in [-0.3, -0.25) is 14.6 Å². The Bertz CT molecular complexity index is 3020. The monoisotopic (exact) mass is 1210 g/mol. The van der Waals surface area contributed by atoms with Crippen molar-refractivity contribution in [2.45, 2.75) is 272 Å². The molecule has 6 aliphatic heterocycles. The summed E-state index contributed by atoms with van der Waals surface area (Å²) in [7, 11) is 4.39. The van der Waals surface area contributed by atoms with Crippen molar-refractivity contribution in [1.82, 2.24) is 10.2 Å². The zero-order chi connectivity index (χ0) is 58.4. The number of hydrogen-bond acceptors (Lipinski definition) is 11. The predicted octanol–water partition coefficient (Wildman–Crippen LogP) is 15.9. The molecular formula is C74H102N4O6S2. The Labute approximate surface area is 522 Å². The van der Waals surface area contributed by atoms with Crippen LogP contribution in [0.4, 0.5) is 0 Å². The third-order valence-corrected chi connectivity index (χ3v) is 32.6. The van der Waals surface area contributed by atoms with E-state index >= 15 is 4.79 Å². The largest absolute Gasteiger partial charge is 0.504 e. The number of phenols is 1. The van der Waals surface area contributed by atoms with Crippen LogP contribution in [0.25, 0.3) is 0 Å². The first kappa shape index (κ1) is 57.8. The number of nitrogens with two attached hydrogens (primary N) is 1. The number of nitrogens with zero attached hydrogens (tertiary/aromatic N) is 2. The van der Waals surface area contributed by atoms with Crippen LogP contribution in [-0.2, 0) is 27.3 Å². The van der Waals surface area contributed by atoms with Crippen molar-refractivity contribution < 1.29 is 29.3 Å². The number of amides is 1. The molecule has 14 unspecified atom stereocenters. The molecule has 2 aromatic carbocycles. The van der Waals surface area contributed by atoms with Crippen molar-refractivity contribution in [3.8, 4) is 11.5 Å². The van der Waals surface area contributed by atoms with Crippen LogP contribution in [0.1, 0.15) is 259 Å². The van der Waals surface area contributed by atoms with Gasteiger partial charge in [-0.2, -0.15) is 0 Å². The van der Waals surface area contributed by atoms with Crippen molar-refractivity contribution in [2.75, 3.05) is 18.8 Å². The second kappa shape index (κ2) is 21.4. The van der Waals surface area contributed by atoms with Crippen LogP contribution in [-0.4, -0.2) is 74.0 Å². The number of rotatable bonds is 2. The van der Waals surface area contributed by atoms with E-state index in [0.29, 0.717) is 84.5 Å². The Morgan fingerprint density at radius 2 is 1.57 bits per heavy atom. The highest BCUT2D eigenvalue weighted by Crippen LogP contribution is 2.82. The number of aryl methyl sites for hydroxylation is 1. The van der Waals surface area contributed by atoms with Crippen molar-refractivity contribution >= 4 is 39.4 Å². The SMILES string of the molecule is CC(=O)OC12CCc3cc(c(O)c4c3C3C=CC5(CCCC5C3)O4)CN3CC4(CC3=O)C(CCC4c3ccccc3)CN=C(N)NC3(CCCC34CCCC4)SSCC3CCC(CC34CCC3(CCC5(CCCC5)C3)C43CCCC3)C(CC1)C(O)C2. The van der Waals surface area contributed by atoms with E-state index in [-0.39, 0.29) is 69.0 Å². The number of aliphatic hydroxyl groups is 1. The molecule has 12 heteroatoms. The normalized spacial score (nSPS) is 42.7. The number of esters is 1. The Balaban J connectivity index is 0.796. The molecule has 0 aromatic heterocycles. The molecule has 1 saturated heterocycles. The van der Waals surface area contributed by atoms with Crippen molar-refractivity contribution in [3.63, 3.8) is 0 Å². The van der Waals surface area contributed by atoms with Gasteiger partial charge in [0, 0.05) is 78.9 Å². The first-order valence-corrected chi connectivity index (χ1v) is 37.8. The van der Waals surface area contributed by atoms with E-state index in [9.17, 15) is 15.0 Å². The lowest BCUT2D eigenvalue weighted by Gasteiger charge is -2.60. The lowest BCUT2D eigenvalue weighted by atomic mass is 9.45. The average molecular weight is 1210 g/mol. The van der Waals surface area contributed by atoms with E-state index in [4.69, 9.17) is 20.2 Å². The maximum absolute atomic E-state index is 15.1. The molecule has 5 N–H and O–H groups in total. The molecule has 10 saturated carbocycles. The van der Waals surface area contributed by atoms with Gasteiger partial charge in [0.1, 0.15) is 16.1 Å². The van der Waals surface area contributed by atoms with Gasteiger partial charge >= 0.3 is 5.97 Å². The molecule has 86 heavy (non-hydrogen) atoms. The van der Waals surface area contributed by atoms with E-state index in [0.717, 1.165) is 74.5 Å². The minimum Gasteiger partial charge on any atom is -0.504 e. The zero-order valence-corrected chi connectivity index (χ0v) is 53.8. The molecule has 11 aliphatic carbocycles. The van der Waals surface area contributed by atoms with Gasteiger partial charge in [0.25, 0.3) is 0 Å².